The second kappa shape index (κ2) is 5.17. The average Bonchev–Trinajstić information content (AvgIpc) is 2.94. The quantitative estimate of drug-likeness (QED) is 0.818. The van der Waals surface area contributed by atoms with Crippen LogP contribution in [-0.4, -0.2) is 38.5 Å². The number of sulfonamides is 1. The molecule has 3 rings (SSSR count). The van der Waals surface area contributed by atoms with Crippen molar-refractivity contribution in [3.05, 3.63) is 29.3 Å². The van der Waals surface area contributed by atoms with E-state index in [1.165, 1.54) is 9.87 Å². The Hall–Kier alpha value is -1.42. The fourth-order valence-corrected chi connectivity index (χ4v) is 4.38. The van der Waals surface area contributed by atoms with Crippen LogP contribution in [0.25, 0.3) is 0 Å². The number of rotatable bonds is 2. The molecule has 0 aromatic heterocycles. The number of morpholine rings is 1. The Bertz CT molecular complexity index is 663. The van der Waals surface area contributed by atoms with Gasteiger partial charge in [-0.15, -0.1) is 0 Å². The first-order valence-corrected chi connectivity index (χ1v) is 8.18. The van der Waals surface area contributed by atoms with Gasteiger partial charge in [0, 0.05) is 6.54 Å². The Morgan fingerprint density at radius 2 is 2.10 bits per heavy atom. The van der Waals surface area contributed by atoms with Gasteiger partial charge >= 0.3 is 0 Å². The van der Waals surface area contributed by atoms with Crippen molar-refractivity contribution in [1.29, 1.82) is 5.26 Å². The summed E-state index contributed by atoms with van der Waals surface area (Å²) in [4.78, 5) is 0.292. The van der Waals surface area contributed by atoms with Crippen molar-refractivity contribution in [2.24, 2.45) is 0 Å². The minimum absolute atomic E-state index is 0.140. The van der Waals surface area contributed by atoms with Gasteiger partial charge in [-0.05, 0) is 42.5 Å². The summed E-state index contributed by atoms with van der Waals surface area (Å²) >= 11 is 0. The molecule has 20 heavy (non-hydrogen) atoms. The molecular weight excluding hydrogens is 276 g/mol. The first-order valence-electron chi connectivity index (χ1n) is 6.74. The molecule has 1 fully saturated rings. The third kappa shape index (κ3) is 2.22. The topological polar surface area (TPSA) is 70.4 Å². The van der Waals surface area contributed by atoms with Gasteiger partial charge in [-0.25, -0.2) is 8.42 Å². The van der Waals surface area contributed by atoms with Crippen LogP contribution in [0.2, 0.25) is 0 Å². The molecule has 0 spiro atoms. The van der Waals surface area contributed by atoms with E-state index in [0.717, 1.165) is 24.8 Å². The van der Waals surface area contributed by atoms with Crippen molar-refractivity contribution >= 4 is 10.0 Å². The van der Waals surface area contributed by atoms with E-state index in [2.05, 4.69) is 0 Å². The van der Waals surface area contributed by atoms with E-state index in [-0.39, 0.29) is 13.2 Å². The minimum Gasteiger partial charge on any atom is -0.377 e. The van der Waals surface area contributed by atoms with Crippen LogP contribution in [0, 0.1) is 11.3 Å². The van der Waals surface area contributed by atoms with Gasteiger partial charge in [-0.3, -0.25) is 0 Å². The van der Waals surface area contributed by atoms with Gasteiger partial charge in [0.25, 0.3) is 0 Å². The highest BCUT2D eigenvalue weighted by Gasteiger charge is 2.34. The Morgan fingerprint density at radius 3 is 2.90 bits per heavy atom. The molecule has 1 saturated heterocycles. The largest absolute Gasteiger partial charge is 0.377 e. The maximum absolute atomic E-state index is 12.7. The smallest absolute Gasteiger partial charge is 0.244 e. The van der Waals surface area contributed by atoms with E-state index >= 15 is 0 Å². The Labute approximate surface area is 118 Å². The molecule has 1 aromatic rings. The molecule has 0 N–H and O–H groups in total. The third-order valence-electron chi connectivity index (χ3n) is 3.90. The second-order valence-corrected chi connectivity index (χ2v) is 7.01. The van der Waals surface area contributed by atoms with Crippen LogP contribution in [0.4, 0.5) is 0 Å². The highest BCUT2D eigenvalue weighted by molar-refractivity contribution is 7.89. The van der Waals surface area contributed by atoms with Crippen LogP contribution in [0.1, 0.15) is 17.5 Å². The van der Waals surface area contributed by atoms with Crippen molar-refractivity contribution in [2.45, 2.75) is 30.2 Å². The number of hydrogen-bond donors (Lipinski definition) is 0. The van der Waals surface area contributed by atoms with Gasteiger partial charge in [0.1, 0.15) is 6.04 Å². The van der Waals surface area contributed by atoms with Gasteiger partial charge in [-0.2, -0.15) is 9.57 Å². The molecule has 5 nitrogen and oxygen atoms in total. The van der Waals surface area contributed by atoms with Crippen molar-refractivity contribution in [2.75, 3.05) is 19.8 Å². The standard InChI is InChI=1S/C14H16N2O3S/c15-9-13-10-19-7-6-16(13)20(17,18)14-5-4-11-2-1-3-12(11)8-14/h4-5,8,13H,1-3,6-7,10H2/t13-/m1/s1. The van der Waals surface area contributed by atoms with Crippen LogP contribution in [0.5, 0.6) is 0 Å². The molecule has 0 saturated carbocycles. The lowest BCUT2D eigenvalue weighted by Crippen LogP contribution is -2.47. The highest BCUT2D eigenvalue weighted by atomic mass is 32.2. The molecule has 1 aliphatic heterocycles. The van der Waals surface area contributed by atoms with Crippen LogP contribution >= 0.6 is 0 Å². The summed E-state index contributed by atoms with van der Waals surface area (Å²) in [6.07, 6.45) is 3.04. The Balaban J connectivity index is 1.97. The Kier molecular flexibility index (Phi) is 3.50. The zero-order valence-corrected chi connectivity index (χ0v) is 11.9. The molecule has 0 unspecified atom stereocenters. The maximum Gasteiger partial charge on any atom is 0.244 e. The molecule has 0 bridgehead atoms. The fraction of sp³-hybridized carbons (Fsp3) is 0.500. The highest BCUT2D eigenvalue weighted by Crippen LogP contribution is 2.27. The van der Waals surface area contributed by atoms with E-state index in [1.54, 1.807) is 12.1 Å². The monoisotopic (exact) mass is 292 g/mol. The van der Waals surface area contributed by atoms with E-state index in [1.807, 2.05) is 12.1 Å². The number of fused-ring (bicyclic) bond motifs is 1. The first kappa shape index (κ1) is 13.6. The lowest BCUT2D eigenvalue weighted by Gasteiger charge is -2.30. The molecule has 1 heterocycles. The predicted molar refractivity (Wildman–Crippen MR) is 72.6 cm³/mol. The SMILES string of the molecule is N#C[C@@H]1COCCN1S(=O)(=O)c1ccc2c(c1)CCC2. The van der Waals surface area contributed by atoms with Gasteiger partial charge in [0.05, 0.1) is 24.2 Å². The number of hydrogen-bond acceptors (Lipinski definition) is 4. The summed E-state index contributed by atoms with van der Waals surface area (Å²) in [5.74, 6) is 0. The maximum atomic E-state index is 12.7. The molecule has 0 radical (unpaired) electrons. The number of ether oxygens (including phenoxy) is 1. The summed E-state index contributed by atoms with van der Waals surface area (Å²) in [5, 5.41) is 9.09. The molecule has 6 heteroatoms. The number of benzene rings is 1. The van der Waals surface area contributed by atoms with Crippen LogP contribution in [0.3, 0.4) is 0 Å². The van der Waals surface area contributed by atoms with E-state index < -0.39 is 16.1 Å². The molecular formula is C14H16N2O3S. The summed E-state index contributed by atoms with van der Waals surface area (Å²) in [5.41, 5.74) is 2.36. The number of nitriles is 1. The molecule has 2 aliphatic rings. The van der Waals surface area contributed by atoms with E-state index in [0.29, 0.717) is 11.5 Å². The molecule has 1 aromatic carbocycles. The van der Waals surface area contributed by atoms with Crippen LogP contribution < -0.4 is 0 Å². The van der Waals surface area contributed by atoms with Gasteiger partial charge < -0.3 is 4.74 Å². The number of aryl methyl sites for hydroxylation is 2. The molecule has 0 amide bonds. The van der Waals surface area contributed by atoms with Crippen LogP contribution in [-0.2, 0) is 27.6 Å². The van der Waals surface area contributed by atoms with Gasteiger partial charge in [0.2, 0.25) is 10.0 Å². The Morgan fingerprint density at radius 1 is 1.30 bits per heavy atom. The van der Waals surface area contributed by atoms with Crippen molar-refractivity contribution in [3.63, 3.8) is 0 Å². The summed E-state index contributed by atoms with van der Waals surface area (Å²) in [7, 11) is -3.61. The van der Waals surface area contributed by atoms with E-state index in [4.69, 9.17) is 10.00 Å². The zero-order chi connectivity index (χ0) is 14.2. The lowest BCUT2D eigenvalue weighted by atomic mass is 10.1. The molecule has 1 atom stereocenters. The second-order valence-electron chi connectivity index (χ2n) is 5.12. The normalized spacial score (nSPS) is 23.2. The minimum atomic E-state index is -3.61. The zero-order valence-electron chi connectivity index (χ0n) is 11.1. The van der Waals surface area contributed by atoms with E-state index in [9.17, 15) is 8.42 Å². The fourth-order valence-electron chi connectivity index (χ4n) is 2.82. The summed E-state index contributed by atoms with van der Waals surface area (Å²) in [6.45, 7) is 0.709. The van der Waals surface area contributed by atoms with Crippen molar-refractivity contribution in [3.8, 4) is 6.07 Å². The van der Waals surface area contributed by atoms with Crippen molar-refractivity contribution in [1.82, 2.24) is 4.31 Å². The van der Waals surface area contributed by atoms with Gasteiger partial charge in [-0.1, -0.05) is 6.07 Å². The van der Waals surface area contributed by atoms with Crippen molar-refractivity contribution < 1.29 is 13.2 Å². The molecule has 106 valence electrons. The predicted octanol–water partition coefficient (Wildman–Crippen LogP) is 1.09. The lowest BCUT2D eigenvalue weighted by molar-refractivity contribution is 0.0511. The summed E-state index contributed by atoms with van der Waals surface area (Å²) < 4.78 is 31.8. The van der Waals surface area contributed by atoms with Crippen LogP contribution in [0.15, 0.2) is 23.1 Å². The summed E-state index contributed by atoms with van der Waals surface area (Å²) in [6, 6.07) is 6.59. The third-order valence-corrected chi connectivity index (χ3v) is 5.81. The molecule has 1 aliphatic carbocycles. The average molecular weight is 292 g/mol. The number of nitrogens with zero attached hydrogens (tertiary/aromatic N) is 2. The van der Waals surface area contributed by atoms with Gasteiger partial charge in [0.15, 0.2) is 0 Å². The first-order chi connectivity index (χ1) is 9.63.